The zero-order valence-electron chi connectivity index (χ0n) is 76.5. The van der Waals surface area contributed by atoms with Gasteiger partial charge in [-0.2, -0.15) is 35.3 Å². The van der Waals surface area contributed by atoms with Crippen molar-refractivity contribution in [3.8, 4) is 0 Å². The standard InChI is InChI=1S/C89H119FN22O22S3/c1-48(2)35-62-81(127)101-61(25-27-75(119)120)80(126)106-66(39-76(121)122)85(131)108-69-44-137-34-30-74(118)112-46-110(72(116)28-32-135-42-67(98-50(4)113)87(133)102-60(24-26-70(91)114)79(125)104-64(84(130)103-62)37-53-15-11-14-52-13-7-8-16-56(52)53)45-111(47-112)73(117)29-33-136-43-68(86(132)97-49(3)77(92)123)107-82(128)63(36-51-20-22-55(90)23-21-51)99-71(115)41-96-78(124)59(19-12-31-94-89(93)109(5)6)100-83(129)65(105-88(69)134)38-54-40-95-58-18-10-9-17-57(54)58/h7-11,13-18,20-23,40,48-49,59-69,95H,12,19,24-39,41-47H2,1-6H3,(H2,91,114)(H2,92,123)(H2,93,94)(H,96,124)(H,97,132)(H,98,113)(H,99,115)(H,100,129)(H,101,127)(H,102,133)(H,103,130)(H,104,125)(H,105,134)(H,106,126)(H,107,128)(H,108,131)(H,119,120)(H,121,122)/t49-,59-,60-,61-,62-,63-,64-,65-,66-,67-,68-,69-/m0/s1. The number of nitrogens with one attached hydrogen (secondary N) is 16. The van der Waals surface area contributed by atoms with Gasteiger partial charge in [0.15, 0.2) is 5.96 Å². The van der Waals surface area contributed by atoms with Gasteiger partial charge in [-0.05, 0) is 90.6 Å². The average Bonchev–Trinajstić information content (AvgIpc) is 1.63. The topological polar surface area (TPSA) is 655 Å². The average molecular weight is 1960 g/mol. The number of amides is 18. The SMILES string of the molecule is CC(=O)N[C@H]1CSCCC(=O)N2CN3CN(C2)C(=O)CCSC[C@H](NC(=O)[C@H](CC(=O)O)NC(=O)[C@H](CCC(=O)O)NC(=O)[C@H](CC(C)C)NC(=O)[C@H](Cc2cccc4ccccc24)NC(=O)[C@H](CCC(N)=O)NC1=O)C(=O)N[C@@H](Cc1c[nH]c2ccccc12)C(=O)N[C@@H](CCCNC(=N)N(C)C)C(=O)NCC(=O)N[C@@H](Cc1ccc(F)cc1)C(=O)N[C@H](C(=O)N[C@@H](C)C(N)=O)CSCCC3=O. The summed E-state index contributed by atoms with van der Waals surface area (Å²) in [7, 11) is 3.17. The number of para-hydroxylation sites is 1. The lowest BCUT2D eigenvalue weighted by Gasteiger charge is -2.42. The predicted molar refractivity (Wildman–Crippen MR) is 503 cm³/mol. The number of aromatic amines is 1. The van der Waals surface area contributed by atoms with E-state index >= 15 is 24.0 Å². The number of rotatable bonds is 24. The van der Waals surface area contributed by atoms with Gasteiger partial charge in [-0.25, -0.2) is 4.39 Å². The van der Waals surface area contributed by atoms with Gasteiger partial charge >= 0.3 is 11.9 Å². The molecule has 1 aromatic heterocycles. The van der Waals surface area contributed by atoms with E-state index in [9.17, 15) is 86.5 Å². The van der Waals surface area contributed by atoms with Gasteiger partial charge in [-0.15, -0.1) is 0 Å². The van der Waals surface area contributed by atoms with E-state index < -0.39 is 280 Å². The molecule has 48 heteroatoms. The maximum Gasteiger partial charge on any atom is 0.305 e. The number of hydrogen-bond acceptors (Lipinski definition) is 24. The molecule has 0 radical (unpaired) electrons. The second-order valence-corrected chi connectivity index (χ2v) is 37.1. The third kappa shape index (κ3) is 35.2. The lowest BCUT2D eigenvalue weighted by atomic mass is 9.97. The van der Waals surface area contributed by atoms with Crippen molar-refractivity contribution in [1.29, 1.82) is 5.41 Å². The Morgan fingerprint density at radius 1 is 0.526 bits per heavy atom. The number of fused-ring (bicyclic) bond motifs is 9. The maximum absolute atomic E-state index is 15.6. The fraction of sp³-hybridized carbons (Fsp3) is 0.494. The number of nitrogens with two attached hydrogens (primary N) is 2. The van der Waals surface area contributed by atoms with Crippen LogP contribution in [-0.2, 0) is 115 Å². The molecule has 3 aliphatic heterocycles. The Bertz CT molecular complexity index is 5240. The van der Waals surface area contributed by atoms with E-state index in [2.05, 4.69) is 79.4 Å². The number of hydrogen-bond donors (Lipinski definition) is 20. The normalized spacial score (nSPS) is 22.7. The summed E-state index contributed by atoms with van der Waals surface area (Å²) in [5, 5.41) is 66.6. The van der Waals surface area contributed by atoms with Gasteiger partial charge < -0.3 is 121 Å². The molecule has 0 saturated carbocycles. The molecule has 0 spiro atoms. The molecule has 4 aromatic carbocycles. The summed E-state index contributed by atoms with van der Waals surface area (Å²) in [6.45, 7) is 3.38. The van der Waals surface area contributed by atoms with Crippen LogP contribution in [0.5, 0.6) is 0 Å². The van der Waals surface area contributed by atoms with Gasteiger partial charge in [0.25, 0.3) is 0 Å². The summed E-state index contributed by atoms with van der Waals surface area (Å²) in [5.41, 5.74) is 12.8. The Morgan fingerprint density at radius 3 is 1.61 bits per heavy atom. The molecular weight excluding hydrogens is 1840 g/mol. The minimum atomic E-state index is -2.24. The highest BCUT2D eigenvalue weighted by Gasteiger charge is 2.40. The predicted octanol–water partition coefficient (Wildman–Crippen LogP) is -2.77. The highest BCUT2D eigenvalue weighted by atomic mass is 32.2. The summed E-state index contributed by atoms with van der Waals surface area (Å²) < 4.78 is 14.4. The number of aliphatic carboxylic acids is 2. The summed E-state index contributed by atoms with van der Waals surface area (Å²) in [6.07, 6.45) is -5.24. The highest BCUT2D eigenvalue weighted by Crippen LogP contribution is 2.25. The molecule has 4 bridgehead atoms. The maximum atomic E-state index is 15.6. The summed E-state index contributed by atoms with van der Waals surface area (Å²) >= 11 is 2.74. The van der Waals surface area contributed by atoms with E-state index in [-0.39, 0.29) is 91.8 Å². The first kappa shape index (κ1) is 109. The van der Waals surface area contributed by atoms with Gasteiger partial charge in [0.2, 0.25) is 106 Å². The summed E-state index contributed by atoms with van der Waals surface area (Å²) in [6, 6.07) is 3.02. The Balaban J connectivity index is 1.25. The Morgan fingerprint density at radius 2 is 1.02 bits per heavy atom. The number of carbonyl (C=O) groups is 20. The monoisotopic (exact) mass is 1960 g/mol. The number of carboxylic acids is 2. The van der Waals surface area contributed by atoms with Crippen molar-refractivity contribution in [3.05, 3.63) is 120 Å². The molecule has 12 atom stereocenters. The number of primary amides is 2. The third-order valence-electron chi connectivity index (χ3n) is 22.1. The lowest BCUT2D eigenvalue weighted by molar-refractivity contribution is -0.158. The molecular formula is C89H119FN22O22S3. The largest absolute Gasteiger partial charge is 0.481 e. The van der Waals surface area contributed by atoms with Gasteiger partial charge in [0.1, 0.15) is 78.3 Å². The number of aromatic nitrogens is 1. The molecule has 8 rings (SSSR count). The quantitative estimate of drug-likeness (QED) is 0.0169. The van der Waals surface area contributed by atoms with E-state index in [0.29, 0.717) is 32.8 Å². The lowest BCUT2D eigenvalue weighted by Crippen LogP contribution is -2.61. The van der Waals surface area contributed by atoms with Crippen LogP contribution in [-0.4, -0.2) is 313 Å². The number of thioether (sulfide) groups is 3. The number of carboxylic acid groups (broad SMARTS) is 2. The first-order valence-corrected chi connectivity index (χ1v) is 47.8. The fourth-order valence-corrected chi connectivity index (χ4v) is 17.6. The van der Waals surface area contributed by atoms with E-state index in [4.69, 9.17) is 16.9 Å². The zero-order valence-corrected chi connectivity index (χ0v) is 79.0. The highest BCUT2D eigenvalue weighted by molar-refractivity contribution is 7.99. The Hall–Kier alpha value is -13.7. The van der Waals surface area contributed by atoms with Gasteiger partial charge in [0, 0.05) is 131 Å². The van der Waals surface area contributed by atoms with Gasteiger partial charge in [-0.3, -0.25) is 101 Å². The number of nitrogens with zero attached hydrogens (tertiary/aromatic N) is 4. The van der Waals surface area contributed by atoms with Crippen LogP contribution < -0.4 is 85.9 Å². The fourth-order valence-electron chi connectivity index (χ4n) is 14.8. The molecule has 3 fully saturated rings. The molecule has 18 amide bonds. The van der Waals surface area contributed by atoms with E-state index in [1.165, 1.54) is 30.2 Å². The Labute approximate surface area is 800 Å². The molecule has 44 nitrogen and oxygen atoms in total. The van der Waals surface area contributed by atoms with Crippen LogP contribution in [0.15, 0.2) is 97.2 Å². The molecule has 0 unspecified atom stereocenters. The summed E-state index contributed by atoms with van der Waals surface area (Å²) in [4.78, 5) is 295. The van der Waals surface area contributed by atoms with E-state index in [0.717, 1.165) is 69.0 Å². The Kier molecular flexibility index (Phi) is 42.5. The van der Waals surface area contributed by atoms with Crippen LogP contribution >= 0.6 is 35.3 Å². The number of carbonyl (C=O) groups excluding carboxylic acids is 18. The number of H-pyrrole nitrogens is 1. The number of halogens is 1. The number of guanidine groups is 1. The molecule has 4 heterocycles. The molecule has 742 valence electrons. The smallest absolute Gasteiger partial charge is 0.305 e. The van der Waals surface area contributed by atoms with E-state index in [1.54, 1.807) is 94.7 Å². The number of benzene rings is 4. The van der Waals surface area contributed by atoms with Gasteiger partial charge in [0.05, 0.1) is 33.0 Å². The van der Waals surface area contributed by atoms with Crippen LogP contribution in [0.3, 0.4) is 0 Å². The van der Waals surface area contributed by atoms with Crippen LogP contribution in [0.2, 0.25) is 0 Å². The first-order valence-electron chi connectivity index (χ1n) is 44.3. The molecule has 3 saturated heterocycles. The zero-order chi connectivity index (χ0) is 100. The first-order chi connectivity index (χ1) is 65.1. The van der Waals surface area contributed by atoms with E-state index in [1.807, 2.05) is 0 Å². The second-order valence-electron chi connectivity index (χ2n) is 33.7. The minimum Gasteiger partial charge on any atom is -0.481 e. The molecule has 5 aromatic rings. The molecule has 137 heavy (non-hydrogen) atoms. The molecule has 22 N–H and O–H groups in total. The van der Waals surface area contributed by atoms with Crippen molar-refractivity contribution in [1.82, 2.24) is 99.0 Å². The molecule has 3 aliphatic rings. The second kappa shape index (κ2) is 53.6. The van der Waals surface area contributed by atoms with Crippen molar-refractivity contribution < 1.29 is 110 Å². The van der Waals surface area contributed by atoms with Crippen LogP contribution in [0, 0.1) is 17.1 Å². The summed E-state index contributed by atoms with van der Waals surface area (Å²) in [5.74, 6) is -24.3. The van der Waals surface area contributed by atoms with Crippen LogP contribution in [0.1, 0.15) is 115 Å². The van der Waals surface area contributed by atoms with Crippen molar-refractivity contribution in [2.75, 3.05) is 81.7 Å². The van der Waals surface area contributed by atoms with Crippen molar-refractivity contribution in [3.63, 3.8) is 0 Å². The van der Waals surface area contributed by atoms with Gasteiger partial charge in [-0.1, -0.05) is 86.6 Å². The van der Waals surface area contributed by atoms with Crippen molar-refractivity contribution in [2.45, 2.75) is 190 Å². The van der Waals surface area contributed by atoms with Crippen LogP contribution in [0.25, 0.3) is 21.7 Å². The third-order valence-corrected chi connectivity index (χ3v) is 25.3. The molecule has 0 aliphatic carbocycles. The minimum absolute atomic E-state index is 0.0118. The van der Waals surface area contributed by atoms with Crippen LogP contribution in [0.4, 0.5) is 4.39 Å². The van der Waals surface area contributed by atoms with Crippen molar-refractivity contribution in [2.24, 2.45) is 17.4 Å². The van der Waals surface area contributed by atoms with Crippen molar-refractivity contribution >= 4 is 181 Å².